The summed E-state index contributed by atoms with van der Waals surface area (Å²) in [5.41, 5.74) is 0.885. The van der Waals surface area contributed by atoms with Crippen molar-refractivity contribution in [1.29, 1.82) is 5.26 Å². The molecule has 0 fully saturated rings. The van der Waals surface area contributed by atoms with Crippen LogP contribution >= 0.6 is 23.4 Å². The summed E-state index contributed by atoms with van der Waals surface area (Å²) in [4.78, 5) is 25.4. The van der Waals surface area contributed by atoms with E-state index in [1.807, 2.05) is 12.3 Å². The van der Waals surface area contributed by atoms with E-state index in [1.54, 1.807) is 42.5 Å². The molecule has 2 aromatic carbocycles. The van der Waals surface area contributed by atoms with Crippen LogP contribution in [0.25, 0.3) is 0 Å². The van der Waals surface area contributed by atoms with E-state index in [0.717, 1.165) is 4.90 Å². The highest BCUT2D eigenvalue weighted by Crippen LogP contribution is 2.24. The second-order valence-electron chi connectivity index (χ2n) is 5.04. The van der Waals surface area contributed by atoms with Crippen LogP contribution in [0.3, 0.4) is 0 Å². The molecular formula is C18H15ClN2O3S. The van der Waals surface area contributed by atoms with Crippen molar-refractivity contribution in [3.05, 3.63) is 58.6 Å². The first-order valence-electron chi connectivity index (χ1n) is 7.30. The largest absolute Gasteiger partial charge is 0.449 e. The van der Waals surface area contributed by atoms with Crippen molar-refractivity contribution in [3.63, 3.8) is 0 Å². The highest BCUT2D eigenvalue weighted by molar-refractivity contribution is 7.98. The molecule has 0 aromatic heterocycles. The molecule has 2 aromatic rings. The first-order chi connectivity index (χ1) is 12.0. The normalized spacial score (nSPS) is 11.3. The molecule has 0 aliphatic heterocycles. The number of halogens is 1. The lowest BCUT2D eigenvalue weighted by Gasteiger charge is -2.15. The maximum Gasteiger partial charge on any atom is 0.340 e. The Balaban J connectivity index is 2.08. The number of nitriles is 1. The molecular weight excluding hydrogens is 360 g/mol. The first-order valence-corrected chi connectivity index (χ1v) is 8.91. The van der Waals surface area contributed by atoms with Crippen molar-refractivity contribution in [3.8, 4) is 6.07 Å². The van der Waals surface area contributed by atoms with Gasteiger partial charge in [-0.2, -0.15) is 5.26 Å². The topological polar surface area (TPSA) is 79.2 Å². The fourth-order valence-corrected chi connectivity index (χ4v) is 2.62. The minimum absolute atomic E-state index is 0.200. The Kier molecular flexibility index (Phi) is 6.45. The Morgan fingerprint density at radius 2 is 2.00 bits per heavy atom. The third-order valence-electron chi connectivity index (χ3n) is 3.35. The van der Waals surface area contributed by atoms with Gasteiger partial charge in [0.1, 0.15) is 6.07 Å². The van der Waals surface area contributed by atoms with Gasteiger partial charge in [0.15, 0.2) is 6.10 Å². The van der Waals surface area contributed by atoms with Gasteiger partial charge in [-0.1, -0.05) is 23.7 Å². The smallest absolute Gasteiger partial charge is 0.340 e. The van der Waals surface area contributed by atoms with Crippen LogP contribution in [0.1, 0.15) is 22.8 Å². The number of carbonyl (C=O) groups is 2. The van der Waals surface area contributed by atoms with Gasteiger partial charge in [0.2, 0.25) is 0 Å². The van der Waals surface area contributed by atoms with Crippen molar-refractivity contribution in [2.24, 2.45) is 0 Å². The van der Waals surface area contributed by atoms with E-state index in [4.69, 9.17) is 21.6 Å². The number of nitrogens with one attached hydrogen (secondary N) is 1. The predicted octanol–water partition coefficient (Wildman–Crippen LogP) is 4.12. The lowest BCUT2D eigenvalue weighted by Crippen LogP contribution is -2.30. The van der Waals surface area contributed by atoms with Gasteiger partial charge in [-0.15, -0.1) is 11.8 Å². The molecule has 0 aliphatic carbocycles. The molecule has 1 N–H and O–H groups in total. The predicted molar refractivity (Wildman–Crippen MR) is 97.9 cm³/mol. The summed E-state index contributed by atoms with van der Waals surface area (Å²) in [6.45, 7) is 1.45. The number of thioether (sulfide) groups is 1. The number of nitrogens with zero attached hydrogens (tertiary/aromatic N) is 1. The van der Waals surface area contributed by atoms with Crippen molar-refractivity contribution in [2.45, 2.75) is 17.9 Å². The molecule has 2 rings (SSSR count). The van der Waals surface area contributed by atoms with Crippen LogP contribution < -0.4 is 5.32 Å². The molecule has 25 heavy (non-hydrogen) atoms. The molecule has 0 heterocycles. The van der Waals surface area contributed by atoms with Gasteiger partial charge >= 0.3 is 5.97 Å². The van der Waals surface area contributed by atoms with Crippen LogP contribution in [0.2, 0.25) is 5.02 Å². The van der Waals surface area contributed by atoms with Crippen LogP contribution in [-0.2, 0) is 9.53 Å². The van der Waals surface area contributed by atoms with E-state index in [0.29, 0.717) is 11.3 Å². The number of rotatable bonds is 5. The SMILES string of the molecule is CSc1ccc(Cl)c(C(=O)O[C@@H](C)C(=O)Nc2ccccc2C#N)c1. The monoisotopic (exact) mass is 374 g/mol. The van der Waals surface area contributed by atoms with Crippen LogP contribution in [0.4, 0.5) is 5.69 Å². The Morgan fingerprint density at radius 1 is 1.28 bits per heavy atom. The number of para-hydroxylation sites is 1. The third-order valence-corrected chi connectivity index (χ3v) is 4.41. The van der Waals surface area contributed by atoms with Gasteiger partial charge in [0.05, 0.1) is 21.8 Å². The average molecular weight is 375 g/mol. The van der Waals surface area contributed by atoms with E-state index in [9.17, 15) is 9.59 Å². The highest BCUT2D eigenvalue weighted by atomic mass is 35.5. The zero-order chi connectivity index (χ0) is 18.4. The molecule has 0 spiro atoms. The van der Waals surface area contributed by atoms with E-state index in [-0.39, 0.29) is 10.6 Å². The quantitative estimate of drug-likeness (QED) is 0.629. The lowest BCUT2D eigenvalue weighted by molar-refractivity contribution is -0.123. The molecule has 7 heteroatoms. The average Bonchev–Trinajstić information content (AvgIpc) is 2.62. The highest BCUT2D eigenvalue weighted by Gasteiger charge is 2.21. The summed E-state index contributed by atoms with van der Waals surface area (Å²) in [7, 11) is 0. The first kappa shape index (κ1) is 18.8. The molecule has 5 nitrogen and oxygen atoms in total. The van der Waals surface area contributed by atoms with Crippen molar-refractivity contribution < 1.29 is 14.3 Å². The molecule has 128 valence electrons. The summed E-state index contributed by atoms with van der Waals surface area (Å²) in [5, 5.41) is 11.9. The number of ether oxygens (including phenoxy) is 1. The molecule has 0 radical (unpaired) electrons. The minimum Gasteiger partial charge on any atom is -0.449 e. The van der Waals surface area contributed by atoms with Crippen LogP contribution in [0.5, 0.6) is 0 Å². The lowest BCUT2D eigenvalue weighted by atomic mass is 10.2. The second-order valence-corrected chi connectivity index (χ2v) is 6.33. The van der Waals surface area contributed by atoms with Gasteiger partial charge in [-0.05, 0) is 43.5 Å². The maximum atomic E-state index is 12.3. The van der Waals surface area contributed by atoms with Crippen LogP contribution in [0.15, 0.2) is 47.4 Å². The summed E-state index contributed by atoms with van der Waals surface area (Å²) in [6.07, 6.45) is 0.828. The van der Waals surface area contributed by atoms with Crippen LogP contribution in [0, 0.1) is 11.3 Å². The minimum atomic E-state index is -1.05. The van der Waals surface area contributed by atoms with E-state index < -0.39 is 18.0 Å². The number of benzene rings is 2. The van der Waals surface area contributed by atoms with Gasteiger partial charge < -0.3 is 10.1 Å². The number of hydrogen-bond acceptors (Lipinski definition) is 5. The number of esters is 1. The molecule has 0 bridgehead atoms. The van der Waals surface area contributed by atoms with Crippen molar-refractivity contribution in [1.82, 2.24) is 0 Å². The molecule has 1 atom stereocenters. The zero-order valence-corrected chi connectivity index (χ0v) is 15.1. The molecule has 1 amide bonds. The fourth-order valence-electron chi connectivity index (χ4n) is 1.99. The Labute approximate surface area is 154 Å². The summed E-state index contributed by atoms with van der Waals surface area (Å²) < 4.78 is 5.20. The maximum absolute atomic E-state index is 12.3. The van der Waals surface area contributed by atoms with Crippen molar-refractivity contribution in [2.75, 3.05) is 11.6 Å². The van der Waals surface area contributed by atoms with E-state index in [1.165, 1.54) is 18.7 Å². The Hall–Kier alpha value is -2.49. The third kappa shape index (κ3) is 4.75. The number of hydrogen-bond donors (Lipinski definition) is 1. The summed E-state index contributed by atoms with van der Waals surface area (Å²) in [5.74, 6) is -1.22. The van der Waals surface area contributed by atoms with Gasteiger partial charge in [-0.25, -0.2) is 4.79 Å². The number of amides is 1. The Morgan fingerprint density at radius 3 is 2.68 bits per heavy atom. The van der Waals surface area contributed by atoms with Gasteiger partial charge in [0.25, 0.3) is 5.91 Å². The standard InChI is InChI=1S/C18H15ClN2O3S/c1-11(17(22)21-16-6-4-3-5-12(16)10-20)24-18(23)14-9-13(25-2)7-8-15(14)19/h3-9,11H,1-2H3,(H,21,22)/t11-/m0/s1. The van der Waals surface area contributed by atoms with E-state index in [2.05, 4.69) is 5.32 Å². The number of carbonyl (C=O) groups excluding carboxylic acids is 2. The summed E-state index contributed by atoms with van der Waals surface area (Å²) in [6, 6.07) is 13.6. The zero-order valence-electron chi connectivity index (χ0n) is 13.6. The molecule has 0 saturated heterocycles. The Bertz CT molecular complexity index is 848. The summed E-state index contributed by atoms with van der Waals surface area (Å²) >= 11 is 7.50. The van der Waals surface area contributed by atoms with Crippen LogP contribution in [-0.4, -0.2) is 24.2 Å². The number of anilines is 1. The van der Waals surface area contributed by atoms with E-state index >= 15 is 0 Å². The van der Waals surface area contributed by atoms with Crippen molar-refractivity contribution >= 4 is 40.9 Å². The molecule has 0 aliphatic rings. The molecule has 0 saturated carbocycles. The fraction of sp³-hybridized carbons (Fsp3) is 0.167. The van der Waals surface area contributed by atoms with Gasteiger partial charge in [0, 0.05) is 4.90 Å². The second kappa shape index (κ2) is 8.56. The molecule has 0 unspecified atom stereocenters. The van der Waals surface area contributed by atoms with Gasteiger partial charge in [-0.3, -0.25) is 4.79 Å².